The third-order valence-corrected chi connectivity index (χ3v) is 4.92. The summed E-state index contributed by atoms with van der Waals surface area (Å²) < 4.78 is 0. The molecule has 31 heavy (non-hydrogen) atoms. The fraction of sp³-hybridized carbons (Fsp3) is 0.500. The van der Waals surface area contributed by atoms with Crippen molar-refractivity contribution in [1.82, 2.24) is 16.0 Å². The quantitative estimate of drug-likeness (QED) is 0.219. The number of hydrogen-bond donors (Lipinski definition) is 7. The van der Waals surface area contributed by atoms with Crippen LogP contribution in [-0.2, 0) is 25.6 Å². The molecule has 0 fully saturated rings. The van der Waals surface area contributed by atoms with E-state index in [1.54, 1.807) is 26.0 Å². The normalized spacial score (nSPS) is 14.8. The zero-order chi connectivity index (χ0) is 23.7. The van der Waals surface area contributed by atoms with Crippen molar-refractivity contribution in [2.24, 2.45) is 11.7 Å². The van der Waals surface area contributed by atoms with Gasteiger partial charge in [0.15, 0.2) is 0 Å². The van der Waals surface area contributed by atoms with Gasteiger partial charge in [-0.1, -0.05) is 26.0 Å². The monoisotopic (exact) mass is 454 g/mol. The summed E-state index contributed by atoms with van der Waals surface area (Å²) >= 11 is 3.97. The maximum atomic E-state index is 12.8. The first-order valence-corrected chi connectivity index (χ1v) is 10.4. The van der Waals surface area contributed by atoms with Gasteiger partial charge in [-0.15, -0.1) is 0 Å². The number of thiol groups is 1. The Bertz CT molecular complexity index is 786. The Morgan fingerprint density at radius 3 is 2.03 bits per heavy atom. The largest absolute Gasteiger partial charge is 0.508 e. The molecule has 0 saturated heterocycles. The highest BCUT2D eigenvalue weighted by molar-refractivity contribution is 7.80. The zero-order valence-electron chi connectivity index (χ0n) is 17.7. The highest BCUT2D eigenvalue weighted by Gasteiger charge is 2.29. The minimum atomic E-state index is -1.18. The van der Waals surface area contributed by atoms with Gasteiger partial charge in [-0.25, -0.2) is 4.79 Å². The molecule has 3 amide bonds. The molecule has 10 nitrogen and oxygen atoms in total. The molecule has 1 aromatic carbocycles. The second kappa shape index (κ2) is 12.2. The average molecular weight is 455 g/mol. The Balaban J connectivity index is 2.91. The SMILES string of the molecule is CC(NC(=O)C(Cc1ccc(O)cc1)NC(=O)C(N)CS)C(=O)NC(C(=O)O)C(C)C. The number of nitrogens with two attached hydrogens (primary N) is 1. The van der Waals surface area contributed by atoms with E-state index >= 15 is 0 Å². The van der Waals surface area contributed by atoms with Crippen LogP contribution in [0.25, 0.3) is 0 Å². The van der Waals surface area contributed by atoms with Gasteiger partial charge in [0, 0.05) is 12.2 Å². The molecule has 0 saturated carbocycles. The molecule has 0 radical (unpaired) electrons. The van der Waals surface area contributed by atoms with Crippen LogP contribution in [0.3, 0.4) is 0 Å². The van der Waals surface area contributed by atoms with Crippen molar-refractivity contribution in [2.45, 2.75) is 51.4 Å². The van der Waals surface area contributed by atoms with Crippen molar-refractivity contribution in [3.63, 3.8) is 0 Å². The van der Waals surface area contributed by atoms with E-state index in [1.807, 2.05) is 0 Å². The van der Waals surface area contributed by atoms with Crippen LogP contribution in [0.1, 0.15) is 26.3 Å². The Labute approximate surface area is 186 Å². The van der Waals surface area contributed by atoms with Gasteiger partial charge in [0.05, 0.1) is 6.04 Å². The number of nitrogens with one attached hydrogen (secondary N) is 3. The Morgan fingerprint density at radius 2 is 1.55 bits per heavy atom. The summed E-state index contributed by atoms with van der Waals surface area (Å²) in [6, 6.07) is 1.94. The van der Waals surface area contributed by atoms with Gasteiger partial charge in [-0.3, -0.25) is 14.4 Å². The number of carbonyl (C=O) groups is 4. The highest BCUT2D eigenvalue weighted by atomic mass is 32.1. The van der Waals surface area contributed by atoms with Crippen LogP contribution < -0.4 is 21.7 Å². The average Bonchev–Trinajstić information content (AvgIpc) is 2.71. The lowest BCUT2D eigenvalue weighted by Crippen LogP contribution is -2.57. The van der Waals surface area contributed by atoms with E-state index in [2.05, 4.69) is 28.6 Å². The Kier molecular flexibility index (Phi) is 10.3. The summed E-state index contributed by atoms with van der Waals surface area (Å²) in [5, 5.41) is 26.1. The smallest absolute Gasteiger partial charge is 0.326 e. The number of phenols is 1. The Hall–Kier alpha value is -2.79. The Morgan fingerprint density at radius 1 is 0.968 bits per heavy atom. The lowest BCUT2D eigenvalue weighted by molar-refractivity contribution is -0.143. The molecular formula is C20H30N4O6S. The van der Waals surface area contributed by atoms with E-state index in [9.17, 15) is 29.4 Å². The minimum absolute atomic E-state index is 0.0503. The number of benzene rings is 1. The fourth-order valence-corrected chi connectivity index (χ4v) is 2.78. The van der Waals surface area contributed by atoms with Crippen LogP contribution >= 0.6 is 12.6 Å². The number of aromatic hydroxyl groups is 1. The second-order valence-corrected chi connectivity index (χ2v) is 7.88. The summed E-state index contributed by atoms with van der Waals surface area (Å²) in [6.07, 6.45) is 0.0786. The van der Waals surface area contributed by atoms with Gasteiger partial charge in [0.1, 0.15) is 23.9 Å². The van der Waals surface area contributed by atoms with Crippen molar-refractivity contribution >= 4 is 36.3 Å². The van der Waals surface area contributed by atoms with Gasteiger partial charge in [0.2, 0.25) is 17.7 Å². The minimum Gasteiger partial charge on any atom is -0.508 e. The van der Waals surface area contributed by atoms with Crippen LogP contribution in [0, 0.1) is 5.92 Å². The molecule has 4 unspecified atom stereocenters. The maximum absolute atomic E-state index is 12.8. The van der Waals surface area contributed by atoms with Crippen molar-refractivity contribution in [3.8, 4) is 5.75 Å². The molecule has 1 rings (SSSR count). The number of carbonyl (C=O) groups excluding carboxylic acids is 3. The van der Waals surface area contributed by atoms with Crippen molar-refractivity contribution in [1.29, 1.82) is 0 Å². The zero-order valence-corrected chi connectivity index (χ0v) is 18.6. The molecule has 11 heteroatoms. The van der Waals surface area contributed by atoms with Gasteiger partial charge in [-0.05, 0) is 30.5 Å². The van der Waals surface area contributed by atoms with E-state index < -0.39 is 47.9 Å². The van der Waals surface area contributed by atoms with E-state index in [1.165, 1.54) is 19.1 Å². The number of aliphatic carboxylic acids is 1. The first-order valence-electron chi connectivity index (χ1n) is 9.74. The standard InChI is InChI=1S/C20H30N4O6S/c1-10(2)16(20(29)30)24-17(26)11(3)22-19(28)15(23-18(27)14(21)9-31)8-12-4-6-13(25)7-5-12/h4-7,10-11,14-16,25,31H,8-9,21H2,1-3H3,(H,22,28)(H,23,27)(H,24,26)(H,29,30). The molecule has 172 valence electrons. The summed E-state index contributed by atoms with van der Waals surface area (Å²) in [7, 11) is 0. The first kappa shape index (κ1) is 26.2. The van der Waals surface area contributed by atoms with Crippen molar-refractivity contribution in [3.05, 3.63) is 29.8 Å². The highest BCUT2D eigenvalue weighted by Crippen LogP contribution is 2.12. The van der Waals surface area contributed by atoms with Gasteiger partial charge in [-0.2, -0.15) is 12.6 Å². The molecule has 0 aliphatic rings. The number of hydrogen-bond acceptors (Lipinski definition) is 7. The fourth-order valence-electron chi connectivity index (χ4n) is 2.61. The van der Waals surface area contributed by atoms with E-state index in [0.29, 0.717) is 5.56 Å². The lowest BCUT2D eigenvalue weighted by atomic mass is 10.0. The lowest BCUT2D eigenvalue weighted by Gasteiger charge is -2.24. The van der Waals surface area contributed by atoms with E-state index in [4.69, 9.17) is 5.73 Å². The van der Waals surface area contributed by atoms with Gasteiger partial charge >= 0.3 is 5.97 Å². The maximum Gasteiger partial charge on any atom is 0.326 e. The molecule has 0 heterocycles. The number of amides is 3. The van der Waals surface area contributed by atoms with Crippen LogP contribution in [0.2, 0.25) is 0 Å². The van der Waals surface area contributed by atoms with Crippen LogP contribution in [0.5, 0.6) is 5.75 Å². The van der Waals surface area contributed by atoms with Crippen LogP contribution in [0.15, 0.2) is 24.3 Å². The molecular weight excluding hydrogens is 424 g/mol. The molecule has 4 atom stereocenters. The predicted molar refractivity (Wildman–Crippen MR) is 118 cm³/mol. The first-order chi connectivity index (χ1) is 14.5. The third-order valence-electron chi connectivity index (χ3n) is 4.53. The number of rotatable bonds is 11. The molecule has 7 N–H and O–H groups in total. The molecule has 0 bridgehead atoms. The summed E-state index contributed by atoms with van der Waals surface area (Å²) in [6.45, 7) is 4.71. The number of phenolic OH excluding ortho intramolecular Hbond substituents is 1. The molecule has 1 aromatic rings. The second-order valence-electron chi connectivity index (χ2n) is 7.52. The molecule has 0 aromatic heterocycles. The predicted octanol–water partition coefficient (Wildman–Crippen LogP) is -0.593. The van der Waals surface area contributed by atoms with E-state index in [0.717, 1.165) is 0 Å². The summed E-state index contributed by atoms with van der Waals surface area (Å²) in [5.41, 5.74) is 6.32. The van der Waals surface area contributed by atoms with Crippen molar-refractivity contribution in [2.75, 3.05) is 5.75 Å². The molecule has 0 spiro atoms. The summed E-state index contributed by atoms with van der Waals surface area (Å²) in [5.74, 6) is -3.31. The van der Waals surface area contributed by atoms with Crippen LogP contribution in [-0.4, -0.2) is 63.8 Å². The topological polar surface area (TPSA) is 171 Å². The molecule has 0 aliphatic heterocycles. The van der Waals surface area contributed by atoms with Gasteiger partial charge < -0.3 is 31.9 Å². The van der Waals surface area contributed by atoms with Crippen molar-refractivity contribution < 1.29 is 29.4 Å². The molecule has 0 aliphatic carbocycles. The summed E-state index contributed by atoms with van der Waals surface area (Å²) in [4.78, 5) is 48.6. The van der Waals surface area contributed by atoms with Gasteiger partial charge in [0.25, 0.3) is 0 Å². The van der Waals surface area contributed by atoms with E-state index in [-0.39, 0.29) is 23.8 Å². The number of carboxylic acids is 1. The number of carboxylic acid groups (broad SMARTS) is 1. The van der Waals surface area contributed by atoms with Crippen LogP contribution in [0.4, 0.5) is 0 Å². The third kappa shape index (κ3) is 8.46.